The average molecular weight is 276 g/mol. The first-order valence-electron chi connectivity index (χ1n) is 6.97. The van der Waals surface area contributed by atoms with Crippen LogP contribution in [0.5, 0.6) is 0 Å². The molecule has 5 heteroatoms. The molecule has 1 amide bonds. The van der Waals surface area contributed by atoms with Crippen LogP contribution in [0, 0.1) is 11.8 Å². The smallest absolute Gasteiger partial charge is 0.337 e. The largest absolute Gasteiger partial charge is 0.478 e. The fraction of sp³-hybridized carbons (Fsp3) is 0.533. The monoisotopic (exact) mass is 276 g/mol. The number of likely N-dealkylation sites (tertiary alicyclic amines) is 1. The highest BCUT2D eigenvalue weighted by Crippen LogP contribution is 2.25. The van der Waals surface area contributed by atoms with Crippen molar-refractivity contribution in [1.29, 1.82) is 0 Å². The summed E-state index contributed by atoms with van der Waals surface area (Å²) >= 11 is 0. The Morgan fingerprint density at radius 3 is 2.40 bits per heavy atom. The van der Waals surface area contributed by atoms with Gasteiger partial charge in [0.05, 0.1) is 5.56 Å². The molecule has 2 heterocycles. The molecule has 0 atom stereocenters. The number of hydrogen-bond acceptors (Lipinski definition) is 3. The number of carboxylic acid groups (broad SMARTS) is 1. The molecule has 0 saturated carbocycles. The third kappa shape index (κ3) is 3.15. The maximum atomic E-state index is 12.3. The van der Waals surface area contributed by atoms with Gasteiger partial charge in [-0.2, -0.15) is 0 Å². The summed E-state index contributed by atoms with van der Waals surface area (Å²) in [6.45, 7) is 5.94. The van der Waals surface area contributed by atoms with Gasteiger partial charge >= 0.3 is 5.97 Å². The van der Waals surface area contributed by atoms with Crippen LogP contribution in [0.4, 0.5) is 0 Å². The third-order valence-electron chi connectivity index (χ3n) is 4.00. The van der Waals surface area contributed by atoms with Crippen molar-refractivity contribution in [1.82, 2.24) is 9.88 Å². The van der Waals surface area contributed by atoms with Gasteiger partial charge < -0.3 is 10.0 Å². The van der Waals surface area contributed by atoms with Crippen LogP contribution in [0.15, 0.2) is 18.3 Å². The number of hydrogen-bond donors (Lipinski definition) is 1. The van der Waals surface area contributed by atoms with E-state index >= 15 is 0 Å². The van der Waals surface area contributed by atoms with Gasteiger partial charge in [-0.3, -0.25) is 9.78 Å². The second-order valence-corrected chi connectivity index (χ2v) is 5.61. The molecule has 20 heavy (non-hydrogen) atoms. The molecule has 1 N–H and O–H groups in total. The predicted octanol–water partition coefficient (Wildman–Crippen LogP) is 2.29. The van der Waals surface area contributed by atoms with Crippen LogP contribution in [-0.2, 0) is 0 Å². The van der Waals surface area contributed by atoms with Crippen LogP contribution in [0.3, 0.4) is 0 Å². The van der Waals surface area contributed by atoms with E-state index in [1.165, 1.54) is 18.3 Å². The molecule has 0 aromatic carbocycles. The number of aromatic nitrogens is 1. The van der Waals surface area contributed by atoms with Gasteiger partial charge in [0, 0.05) is 19.3 Å². The second-order valence-electron chi connectivity index (χ2n) is 5.61. The molecule has 2 rings (SSSR count). The zero-order valence-corrected chi connectivity index (χ0v) is 11.9. The molecule has 0 unspecified atom stereocenters. The lowest BCUT2D eigenvalue weighted by Crippen LogP contribution is -2.39. The van der Waals surface area contributed by atoms with Crippen molar-refractivity contribution in [2.75, 3.05) is 13.1 Å². The van der Waals surface area contributed by atoms with E-state index in [-0.39, 0.29) is 11.5 Å². The zero-order chi connectivity index (χ0) is 14.7. The van der Waals surface area contributed by atoms with Gasteiger partial charge in [0.25, 0.3) is 5.91 Å². The van der Waals surface area contributed by atoms with E-state index < -0.39 is 5.97 Å². The summed E-state index contributed by atoms with van der Waals surface area (Å²) in [6.07, 6.45) is 3.28. The standard InChI is InChI=1S/C15H20N2O3/c1-10(2)11-5-7-17(8-6-11)14(18)13-4-3-12(9-16-13)15(19)20/h3-4,9-11H,5-8H2,1-2H3,(H,19,20). The molecule has 108 valence electrons. The zero-order valence-electron chi connectivity index (χ0n) is 11.9. The van der Waals surface area contributed by atoms with E-state index in [0.29, 0.717) is 17.5 Å². The normalized spacial score (nSPS) is 16.4. The highest BCUT2D eigenvalue weighted by Gasteiger charge is 2.25. The molecule has 1 fully saturated rings. The predicted molar refractivity (Wildman–Crippen MR) is 74.7 cm³/mol. The van der Waals surface area contributed by atoms with Crippen LogP contribution in [0.2, 0.25) is 0 Å². The van der Waals surface area contributed by atoms with E-state index in [1.54, 1.807) is 0 Å². The number of rotatable bonds is 3. The molecular weight excluding hydrogens is 256 g/mol. The number of pyridine rings is 1. The van der Waals surface area contributed by atoms with Crippen molar-refractivity contribution >= 4 is 11.9 Å². The first kappa shape index (κ1) is 14.5. The minimum atomic E-state index is -1.03. The summed E-state index contributed by atoms with van der Waals surface area (Å²) in [7, 11) is 0. The Balaban J connectivity index is 2.00. The van der Waals surface area contributed by atoms with Crippen LogP contribution in [-0.4, -0.2) is 40.0 Å². The minimum Gasteiger partial charge on any atom is -0.478 e. The summed E-state index contributed by atoms with van der Waals surface area (Å²) in [5.74, 6) is 0.194. The number of piperidine rings is 1. The molecular formula is C15H20N2O3. The Bertz CT molecular complexity index is 488. The van der Waals surface area contributed by atoms with Gasteiger partial charge in [0.1, 0.15) is 5.69 Å². The number of nitrogens with zero attached hydrogens (tertiary/aromatic N) is 2. The van der Waals surface area contributed by atoms with Crippen molar-refractivity contribution in [3.8, 4) is 0 Å². The Morgan fingerprint density at radius 1 is 1.30 bits per heavy atom. The fourth-order valence-corrected chi connectivity index (χ4v) is 2.58. The summed E-state index contributed by atoms with van der Waals surface area (Å²) < 4.78 is 0. The van der Waals surface area contributed by atoms with E-state index in [1.807, 2.05) is 4.90 Å². The van der Waals surface area contributed by atoms with Crippen molar-refractivity contribution in [3.05, 3.63) is 29.6 Å². The van der Waals surface area contributed by atoms with Crippen molar-refractivity contribution < 1.29 is 14.7 Å². The molecule has 1 aliphatic rings. The Kier molecular flexibility index (Phi) is 4.37. The third-order valence-corrected chi connectivity index (χ3v) is 4.00. The fourth-order valence-electron chi connectivity index (χ4n) is 2.58. The van der Waals surface area contributed by atoms with Crippen LogP contribution in [0.1, 0.15) is 47.5 Å². The van der Waals surface area contributed by atoms with E-state index in [0.717, 1.165) is 25.9 Å². The minimum absolute atomic E-state index is 0.0973. The van der Waals surface area contributed by atoms with Gasteiger partial charge in [0.2, 0.25) is 0 Å². The molecule has 0 bridgehead atoms. The number of carboxylic acids is 1. The molecule has 0 radical (unpaired) electrons. The van der Waals surface area contributed by atoms with E-state index in [4.69, 9.17) is 5.11 Å². The lowest BCUT2D eigenvalue weighted by Gasteiger charge is -2.33. The van der Waals surface area contributed by atoms with Gasteiger partial charge in [-0.15, -0.1) is 0 Å². The molecule has 1 aliphatic heterocycles. The second kappa shape index (κ2) is 6.03. The van der Waals surface area contributed by atoms with E-state index in [2.05, 4.69) is 18.8 Å². The summed E-state index contributed by atoms with van der Waals surface area (Å²) in [5.41, 5.74) is 0.415. The molecule has 1 aromatic heterocycles. The van der Waals surface area contributed by atoms with Crippen LogP contribution >= 0.6 is 0 Å². The quantitative estimate of drug-likeness (QED) is 0.919. The number of carbonyl (C=O) groups is 2. The first-order valence-corrected chi connectivity index (χ1v) is 6.97. The first-order chi connectivity index (χ1) is 9.49. The molecule has 1 saturated heterocycles. The maximum Gasteiger partial charge on any atom is 0.337 e. The average Bonchev–Trinajstić information content (AvgIpc) is 2.46. The highest BCUT2D eigenvalue weighted by atomic mass is 16.4. The highest BCUT2D eigenvalue weighted by molar-refractivity contribution is 5.93. The summed E-state index contributed by atoms with van der Waals surface area (Å²) in [5, 5.41) is 8.81. The van der Waals surface area contributed by atoms with Gasteiger partial charge in [0.15, 0.2) is 0 Å². The van der Waals surface area contributed by atoms with Crippen molar-refractivity contribution in [3.63, 3.8) is 0 Å². The number of amides is 1. The SMILES string of the molecule is CC(C)C1CCN(C(=O)c2ccc(C(=O)O)cn2)CC1. The molecule has 1 aromatic rings. The molecule has 0 spiro atoms. The Hall–Kier alpha value is -1.91. The molecule has 0 aliphatic carbocycles. The topological polar surface area (TPSA) is 70.5 Å². The van der Waals surface area contributed by atoms with E-state index in [9.17, 15) is 9.59 Å². The van der Waals surface area contributed by atoms with Gasteiger partial charge in [-0.05, 0) is 36.8 Å². The Labute approximate surface area is 118 Å². The maximum absolute atomic E-state index is 12.3. The van der Waals surface area contributed by atoms with Crippen LogP contribution in [0.25, 0.3) is 0 Å². The summed E-state index contributed by atoms with van der Waals surface area (Å²) in [6, 6.07) is 2.91. The van der Waals surface area contributed by atoms with Gasteiger partial charge in [-0.1, -0.05) is 13.8 Å². The lowest BCUT2D eigenvalue weighted by molar-refractivity contribution is 0.0656. The van der Waals surface area contributed by atoms with Crippen LogP contribution < -0.4 is 0 Å². The van der Waals surface area contributed by atoms with Crippen molar-refractivity contribution in [2.45, 2.75) is 26.7 Å². The lowest BCUT2D eigenvalue weighted by atomic mass is 9.86. The Morgan fingerprint density at radius 2 is 1.95 bits per heavy atom. The van der Waals surface area contributed by atoms with Crippen molar-refractivity contribution in [2.24, 2.45) is 11.8 Å². The van der Waals surface area contributed by atoms with Gasteiger partial charge in [-0.25, -0.2) is 4.79 Å². The number of aromatic carboxylic acids is 1. The summed E-state index contributed by atoms with van der Waals surface area (Å²) in [4.78, 5) is 28.8. The number of carbonyl (C=O) groups excluding carboxylic acids is 1. The molecule has 5 nitrogen and oxygen atoms in total.